The second kappa shape index (κ2) is 10.1. The second-order valence-electron chi connectivity index (χ2n) is 3.73. The molecule has 1 heteroatoms. The van der Waals surface area contributed by atoms with Crippen LogP contribution in [0, 0.1) is 13.8 Å². The molecule has 0 radical (unpaired) electrons. The van der Waals surface area contributed by atoms with Gasteiger partial charge in [-0.2, -0.15) is 0 Å². The largest absolute Gasteiger partial charge is 0.0901 e. The summed E-state index contributed by atoms with van der Waals surface area (Å²) in [6.07, 6.45) is 0. The first-order valence-electron chi connectivity index (χ1n) is 6.27. The summed E-state index contributed by atoms with van der Waals surface area (Å²) in [5.41, 5.74) is 5.19. The normalized spacial score (nSPS) is 8.56. The van der Waals surface area contributed by atoms with E-state index in [4.69, 9.17) is 0 Å². The van der Waals surface area contributed by atoms with Crippen LogP contribution in [0.25, 0.3) is 11.1 Å². The first-order valence-corrected chi connectivity index (χ1v) is 8.43. The highest BCUT2D eigenvalue weighted by atomic mass is 127. The first kappa shape index (κ1) is 17.2. The van der Waals surface area contributed by atoms with Gasteiger partial charge < -0.3 is 0 Å². The summed E-state index contributed by atoms with van der Waals surface area (Å²) >= 11 is 2.15. The van der Waals surface area contributed by atoms with Crippen LogP contribution in [0.3, 0.4) is 0 Å². The van der Waals surface area contributed by atoms with Crippen LogP contribution in [-0.4, -0.2) is 4.93 Å². The summed E-state index contributed by atoms with van der Waals surface area (Å²) in [5.74, 6) is 0. The van der Waals surface area contributed by atoms with Crippen LogP contribution < -0.4 is 0 Å². The van der Waals surface area contributed by atoms with Gasteiger partial charge >= 0.3 is 0 Å². The number of benzene rings is 2. The van der Waals surface area contributed by atoms with Gasteiger partial charge in [0.05, 0.1) is 0 Å². The van der Waals surface area contributed by atoms with Crippen molar-refractivity contribution < 1.29 is 0 Å². The van der Waals surface area contributed by atoms with Gasteiger partial charge in [-0.1, -0.05) is 96.1 Å². The van der Waals surface area contributed by atoms with Gasteiger partial charge in [0.25, 0.3) is 0 Å². The Balaban J connectivity index is 0.000000659. The van der Waals surface area contributed by atoms with Crippen molar-refractivity contribution in [1.82, 2.24) is 0 Å². The molecule has 0 atom stereocenters. The third-order valence-corrected chi connectivity index (χ3v) is 2.44. The molecule has 0 spiro atoms. The molecule has 0 saturated heterocycles. The van der Waals surface area contributed by atoms with Crippen LogP contribution in [0.4, 0.5) is 0 Å². The maximum atomic E-state index is 2.17. The number of hydrogen-bond donors (Lipinski definition) is 0. The van der Waals surface area contributed by atoms with Crippen molar-refractivity contribution in [2.75, 3.05) is 4.93 Å². The van der Waals surface area contributed by atoms with E-state index in [9.17, 15) is 0 Å². The molecule has 98 valence electrons. The fraction of sp³-hybridized carbons (Fsp3) is 0.294. The Morgan fingerprint density at radius 2 is 0.778 bits per heavy atom. The number of hydrogen-bond acceptors (Lipinski definition) is 0. The van der Waals surface area contributed by atoms with Gasteiger partial charge in [0, 0.05) is 0 Å². The van der Waals surface area contributed by atoms with Gasteiger partial charge in [-0.3, -0.25) is 0 Å². The Morgan fingerprint density at radius 1 is 0.556 bits per heavy atom. The fourth-order valence-electron chi connectivity index (χ4n) is 1.49. The van der Waals surface area contributed by atoms with Crippen molar-refractivity contribution in [3.8, 4) is 11.1 Å². The molecule has 0 fully saturated rings. The third kappa shape index (κ3) is 5.67. The van der Waals surface area contributed by atoms with Crippen molar-refractivity contribution in [3.63, 3.8) is 0 Å². The average molecular weight is 354 g/mol. The van der Waals surface area contributed by atoms with Crippen LogP contribution in [0.15, 0.2) is 48.5 Å². The Kier molecular flexibility index (Phi) is 9.66. The van der Waals surface area contributed by atoms with Crippen molar-refractivity contribution in [3.05, 3.63) is 59.7 Å². The van der Waals surface area contributed by atoms with E-state index in [0.29, 0.717) is 0 Å². The molecule has 0 aliphatic carbocycles. The molecule has 0 nitrogen and oxygen atoms in total. The molecule has 0 unspecified atom stereocenters. The number of aryl methyl sites for hydroxylation is 2. The molecule has 0 heterocycles. The van der Waals surface area contributed by atoms with Gasteiger partial charge in [-0.15, -0.1) is 0 Å². The summed E-state index contributed by atoms with van der Waals surface area (Å²) in [6, 6.07) is 17.3. The number of alkyl halides is 1. The topological polar surface area (TPSA) is 0 Å². The summed E-state index contributed by atoms with van der Waals surface area (Å²) in [6.45, 7) is 8.22. The van der Waals surface area contributed by atoms with Crippen molar-refractivity contribution in [2.45, 2.75) is 27.7 Å². The summed E-state index contributed by atoms with van der Waals surface area (Å²) < 4.78 is 0. The SMILES string of the molecule is CC.CI.Cc1ccc(-c2ccc(C)cc2)cc1. The molecular weight excluding hydrogens is 331 g/mol. The molecule has 0 aliphatic heterocycles. The predicted molar refractivity (Wildman–Crippen MR) is 92.6 cm³/mol. The molecule has 0 aromatic heterocycles. The van der Waals surface area contributed by atoms with Crippen LogP contribution >= 0.6 is 22.6 Å². The minimum Gasteiger partial charge on any atom is -0.0901 e. The predicted octanol–water partition coefficient (Wildman–Crippen LogP) is 6.05. The second-order valence-corrected chi connectivity index (χ2v) is 3.73. The average Bonchev–Trinajstić information content (AvgIpc) is 2.45. The van der Waals surface area contributed by atoms with E-state index < -0.39 is 0 Å². The zero-order chi connectivity index (χ0) is 14.0. The van der Waals surface area contributed by atoms with Crippen molar-refractivity contribution in [2.24, 2.45) is 0 Å². The van der Waals surface area contributed by atoms with Crippen LogP contribution in [0.2, 0.25) is 0 Å². The monoisotopic (exact) mass is 354 g/mol. The lowest BCUT2D eigenvalue weighted by Crippen LogP contribution is -1.78. The molecule has 0 aliphatic rings. The highest BCUT2D eigenvalue weighted by molar-refractivity contribution is 14.1. The lowest BCUT2D eigenvalue weighted by Gasteiger charge is -2.02. The summed E-state index contributed by atoms with van der Waals surface area (Å²) in [7, 11) is 0. The van der Waals surface area contributed by atoms with Gasteiger partial charge in [0.2, 0.25) is 0 Å². The number of halogens is 1. The number of rotatable bonds is 1. The molecule has 0 saturated carbocycles. The molecule has 0 amide bonds. The molecule has 18 heavy (non-hydrogen) atoms. The fourth-order valence-corrected chi connectivity index (χ4v) is 1.49. The van der Waals surface area contributed by atoms with Crippen LogP contribution in [0.5, 0.6) is 0 Å². The molecule has 2 rings (SSSR count). The quantitative estimate of drug-likeness (QED) is 0.432. The van der Waals surface area contributed by atoms with E-state index in [2.05, 4.69) is 85.0 Å². The maximum Gasteiger partial charge on any atom is -0.0121 e. The Bertz CT molecular complexity index is 369. The molecule has 0 bridgehead atoms. The smallest absolute Gasteiger partial charge is 0.0121 e. The van der Waals surface area contributed by atoms with E-state index in [1.165, 1.54) is 22.3 Å². The zero-order valence-corrected chi connectivity index (χ0v) is 14.2. The van der Waals surface area contributed by atoms with Crippen molar-refractivity contribution in [1.29, 1.82) is 0 Å². The van der Waals surface area contributed by atoms with E-state index in [1.54, 1.807) is 0 Å². The minimum absolute atomic E-state index is 1.29. The Labute approximate surface area is 126 Å². The molecule has 0 N–H and O–H groups in total. The van der Waals surface area contributed by atoms with E-state index in [1.807, 2.05) is 18.8 Å². The van der Waals surface area contributed by atoms with Gasteiger partial charge in [0.1, 0.15) is 0 Å². The maximum absolute atomic E-state index is 2.17. The van der Waals surface area contributed by atoms with Crippen molar-refractivity contribution >= 4 is 22.6 Å². The van der Waals surface area contributed by atoms with E-state index >= 15 is 0 Å². The third-order valence-electron chi connectivity index (χ3n) is 2.44. The van der Waals surface area contributed by atoms with E-state index in [0.717, 1.165) is 0 Å². The van der Waals surface area contributed by atoms with Gasteiger partial charge in [-0.05, 0) is 29.9 Å². The highest BCUT2D eigenvalue weighted by Gasteiger charge is 1.95. The van der Waals surface area contributed by atoms with Crippen LogP contribution in [0.1, 0.15) is 25.0 Å². The molecular formula is C17H23I. The highest BCUT2D eigenvalue weighted by Crippen LogP contribution is 2.19. The lowest BCUT2D eigenvalue weighted by atomic mass is 10.0. The van der Waals surface area contributed by atoms with Crippen LogP contribution in [-0.2, 0) is 0 Å². The Hall–Kier alpha value is -0.830. The zero-order valence-electron chi connectivity index (χ0n) is 12.0. The lowest BCUT2D eigenvalue weighted by molar-refractivity contribution is 1.45. The van der Waals surface area contributed by atoms with E-state index in [-0.39, 0.29) is 0 Å². The minimum atomic E-state index is 1.29. The van der Waals surface area contributed by atoms with Gasteiger partial charge in [-0.25, -0.2) is 0 Å². The summed E-state index contributed by atoms with van der Waals surface area (Å²) in [5, 5.41) is 0. The summed E-state index contributed by atoms with van der Waals surface area (Å²) in [4.78, 5) is 1.97. The standard InChI is InChI=1S/C14H14.C2H6.CH3I/c1-11-3-7-13(8-4-11)14-9-5-12(2)6-10-14;2*1-2/h3-10H,1-2H3;1-2H3;1H3. The van der Waals surface area contributed by atoms with Gasteiger partial charge in [0.15, 0.2) is 0 Å². The molecule has 2 aromatic carbocycles. The molecule has 2 aromatic rings. The Morgan fingerprint density at radius 3 is 1.00 bits per heavy atom. The first-order chi connectivity index (χ1) is 8.75.